The van der Waals surface area contributed by atoms with Gasteiger partial charge in [-0.15, -0.1) is 0 Å². The van der Waals surface area contributed by atoms with Crippen molar-refractivity contribution >= 4 is 0 Å². The van der Waals surface area contributed by atoms with Gasteiger partial charge in [-0.05, 0) is 73.0 Å². The molecule has 4 aliphatic carbocycles. The SMILES string of the molecule is C[C@]12CC[C@@H]3[C@H](CC[C@H]4CCCC[C@@]43C)[C@@H]1CC1(C2)OCCO1. The monoisotopic (exact) mass is 318 g/mol. The number of hydrogen-bond donors (Lipinski definition) is 0. The molecular weight excluding hydrogens is 284 g/mol. The largest absolute Gasteiger partial charge is 0.348 e. The van der Waals surface area contributed by atoms with Crippen LogP contribution in [0.2, 0.25) is 0 Å². The highest BCUT2D eigenvalue weighted by molar-refractivity contribution is 5.10. The summed E-state index contributed by atoms with van der Waals surface area (Å²) < 4.78 is 12.3. The van der Waals surface area contributed by atoms with Crippen LogP contribution < -0.4 is 0 Å². The Morgan fingerprint density at radius 1 is 0.826 bits per heavy atom. The van der Waals surface area contributed by atoms with Gasteiger partial charge < -0.3 is 9.47 Å². The van der Waals surface area contributed by atoms with Crippen LogP contribution in [0, 0.1) is 34.5 Å². The van der Waals surface area contributed by atoms with Gasteiger partial charge in [0, 0.05) is 12.8 Å². The second-order valence-corrected chi connectivity index (χ2v) is 10.1. The first kappa shape index (κ1) is 15.2. The van der Waals surface area contributed by atoms with E-state index in [0.717, 1.165) is 43.3 Å². The predicted octanol–water partition coefficient (Wildman–Crippen LogP) is 5.16. The fourth-order valence-electron chi connectivity index (χ4n) is 8.05. The molecule has 6 atom stereocenters. The average molecular weight is 319 g/mol. The highest BCUT2D eigenvalue weighted by atomic mass is 16.7. The number of ether oxygens (including phenoxy) is 2. The minimum Gasteiger partial charge on any atom is -0.348 e. The lowest BCUT2D eigenvalue weighted by Gasteiger charge is -2.59. The van der Waals surface area contributed by atoms with Gasteiger partial charge in [-0.25, -0.2) is 0 Å². The van der Waals surface area contributed by atoms with Crippen LogP contribution in [0.25, 0.3) is 0 Å². The predicted molar refractivity (Wildman–Crippen MR) is 91.0 cm³/mol. The summed E-state index contributed by atoms with van der Waals surface area (Å²) in [5, 5.41) is 0. The van der Waals surface area contributed by atoms with Gasteiger partial charge in [0.1, 0.15) is 0 Å². The summed E-state index contributed by atoms with van der Waals surface area (Å²) in [5.41, 5.74) is 1.12. The first-order chi connectivity index (χ1) is 11.0. The first-order valence-corrected chi connectivity index (χ1v) is 10.3. The van der Waals surface area contributed by atoms with Crippen LogP contribution in [0.4, 0.5) is 0 Å². The standard InChI is InChI=1S/C21H34O2/c1-19-10-8-17-16(7-6-15-5-3-4-9-20(15,17)2)18(19)13-21(14-19)22-11-12-23-21/h15-18H,3-14H2,1-2H3/t15-,16+,17-,18+,19-,20+/m1/s1. The summed E-state index contributed by atoms with van der Waals surface area (Å²) in [4.78, 5) is 0. The van der Waals surface area contributed by atoms with Gasteiger partial charge >= 0.3 is 0 Å². The van der Waals surface area contributed by atoms with Crippen LogP contribution in [0.5, 0.6) is 0 Å². The molecule has 0 amide bonds. The van der Waals surface area contributed by atoms with Crippen LogP contribution in [0.1, 0.15) is 78.1 Å². The van der Waals surface area contributed by atoms with Gasteiger partial charge in [-0.2, -0.15) is 0 Å². The van der Waals surface area contributed by atoms with Crippen molar-refractivity contribution in [1.82, 2.24) is 0 Å². The van der Waals surface area contributed by atoms with Crippen LogP contribution in [0.3, 0.4) is 0 Å². The van der Waals surface area contributed by atoms with Gasteiger partial charge in [0.05, 0.1) is 13.2 Å². The smallest absolute Gasteiger partial charge is 0.169 e. The highest BCUT2D eigenvalue weighted by Gasteiger charge is 2.63. The molecule has 2 nitrogen and oxygen atoms in total. The Labute approximate surface area is 141 Å². The normalized spacial score (nSPS) is 54.5. The number of fused-ring (bicyclic) bond motifs is 5. The molecular formula is C21H34O2. The van der Waals surface area contributed by atoms with Crippen molar-refractivity contribution in [2.75, 3.05) is 13.2 Å². The van der Waals surface area contributed by atoms with Crippen molar-refractivity contribution in [3.8, 4) is 0 Å². The molecule has 5 rings (SSSR count). The quantitative estimate of drug-likeness (QED) is 0.614. The third-order valence-corrected chi connectivity index (χ3v) is 9.12. The van der Waals surface area contributed by atoms with Gasteiger partial charge in [0.2, 0.25) is 0 Å². The Morgan fingerprint density at radius 3 is 2.48 bits per heavy atom. The molecule has 5 fully saturated rings. The maximum absolute atomic E-state index is 6.15. The molecule has 0 unspecified atom stereocenters. The molecule has 5 aliphatic rings. The van der Waals surface area contributed by atoms with Gasteiger partial charge in [0.15, 0.2) is 5.79 Å². The van der Waals surface area contributed by atoms with Crippen LogP contribution in [0.15, 0.2) is 0 Å². The third kappa shape index (κ3) is 2.06. The van der Waals surface area contributed by atoms with E-state index in [4.69, 9.17) is 9.47 Å². The molecule has 1 spiro atoms. The van der Waals surface area contributed by atoms with Crippen LogP contribution in [-0.2, 0) is 9.47 Å². The molecule has 1 saturated heterocycles. The molecule has 0 aromatic rings. The Hall–Kier alpha value is -0.0800. The van der Waals surface area contributed by atoms with Crippen molar-refractivity contribution in [1.29, 1.82) is 0 Å². The van der Waals surface area contributed by atoms with Crippen molar-refractivity contribution < 1.29 is 9.47 Å². The lowest BCUT2D eigenvalue weighted by Crippen LogP contribution is -2.51. The highest BCUT2D eigenvalue weighted by Crippen LogP contribution is 2.68. The molecule has 0 bridgehead atoms. The summed E-state index contributed by atoms with van der Waals surface area (Å²) >= 11 is 0. The van der Waals surface area contributed by atoms with E-state index in [2.05, 4.69) is 13.8 Å². The zero-order valence-electron chi connectivity index (χ0n) is 15.1. The summed E-state index contributed by atoms with van der Waals surface area (Å²) in [6, 6.07) is 0. The second-order valence-electron chi connectivity index (χ2n) is 10.1. The van der Waals surface area contributed by atoms with Gasteiger partial charge in [0.25, 0.3) is 0 Å². The summed E-state index contributed by atoms with van der Waals surface area (Å²) in [6.45, 7) is 6.86. The van der Waals surface area contributed by atoms with Crippen LogP contribution in [-0.4, -0.2) is 19.0 Å². The molecule has 0 aromatic heterocycles. The molecule has 4 saturated carbocycles. The van der Waals surface area contributed by atoms with Crippen molar-refractivity contribution in [3.05, 3.63) is 0 Å². The molecule has 0 aromatic carbocycles. The minimum atomic E-state index is -0.196. The van der Waals surface area contributed by atoms with Gasteiger partial charge in [-0.3, -0.25) is 0 Å². The van der Waals surface area contributed by atoms with E-state index >= 15 is 0 Å². The fraction of sp³-hybridized carbons (Fsp3) is 1.00. The minimum absolute atomic E-state index is 0.196. The Balaban J connectivity index is 1.45. The molecule has 2 heteroatoms. The van der Waals surface area contributed by atoms with Crippen molar-refractivity contribution in [3.63, 3.8) is 0 Å². The number of hydrogen-bond acceptors (Lipinski definition) is 2. The Bertz CT molecular complexity index is 482. The van der Waals surface area contributed by atoms with E-state index in [-0.39, 0.29) is 5.79 Å². The third-order valence-electron chi connectivity index (χ3n) is 9.12. The molecule has 130 valence electrons. The Morgan fingerprint density at radius 2 is 1.65 bits per heavy atom. The molecule has 1 aliphatic heterocycles. The van der Waals surface area contributed by atoms with E-state index in [9.17, 15) is 0 Å². The van der Waals surface area contributed by atoms with Crippen LogP contribution >= 0.6 is 0 Å². The van der Waals surface area contributed by atoms with E-state index < -0.39 is 0 Å². The lowest BCUT2D eigenvalue weighted by molar-refractivity contribution is -0.157. The van der Waals surface area contributed by atoms with Crippen molar-refractivity contribution in [2.24, 2.45) is 34.5 Å². The first-order valence-electron chi connectivity index (χ1n) is 10.3. The zero-order chi connectivity index (χ0) is 15.7. The maximum atomic E-state index is 6.15. The van der Waals surface area contributed by atoms with E-state index in [0.29, 0.717) is 10.8 Å². The van der Waals surface area contributed by atoms with E-state index in [1.807, 2.05) is 0 Å². The molecule has 23 heavy (non-hydrogen) atoms. The summed E-state index contributed by atoms with van der Waals surface area (Å²) in [6.07, 6.45) is 14.2. The summed E-state index contributed by atoms with van der Waals surface area (Å²) in [5.74, 6) is 3.60. The number of rotatable bonds is 0. The van der Waals surface area contributed by atoms with E-state index in [1.54, 1.807) is 0 Å². The lowest BCUT2D eigenvalue weighted by atomic mass is 9.45. The molecule has 0 radical (unpaired) electrons. The Kier molecular flexibility index (Phi) is 3.29. The zero-order valence-corrected chi connectivity index (χ0v) is 15.1. The molecule has 0 N–H and O–H groups in total. The summed E-state index contributed by atoms with van der Waals surface area (Å²) in [7, 11) is 0. The van der Waals surface area contributed by atoms with Gasteiger partial charge in [-0.1, -0.05) is 26.7 Å². The maximum Gasteiger partial charge on any atom is 0.169 e. The fourth-order valence-corrected chi connectivity index (χ4v) is 8.05. The average Bonchev–Trinajstić information content (AvgIpc) is 3.10. The second kappa shape index (κ2) is 4.97. The topological polar surface area (TPSA) is 18.5 Å². The van der Waals surface area contributed by atoms with Crippen molar-refractivity contribution in [2.45, 2.75) is 83.8 Å². The van der Waals surface area contributed by atoms with E-state index in [1.165, 1.54) is 57.8 Å². The molecule has 1 heterocycles.